The van der Waals surface area contributed by atoms with Gasteiger partial charge in [-0.25, -0.2) is 9.79 Å². The lowest BCUT2D eigenvalue weighted by atomic mass is 10.2. The molecule has 0 aliphatic carbocycles. The zero-order chi connectivity index (χ0) is 13.9. The van der Waals surface area contributed by atoms with E-state index < -0.39 is 18.6 Å². The standard InChI is InChI=1S/C13H10F3NO2/c14-13(15,16)8-4-7-10-12(18)19-11(17-10)9-5-2-1-3-6-9/h1-3,5-7H,4,8H2. The van der Waals surface area contributed by atoms with Crippen molar-refractivity contribution < 1.29 is 22.7 Å². The average molecular weight is 269 g/mol. The summed E-state index contributed by atoms with van der Waals surface area (Å²) in [5, 5.41) is 0. The summed E-state index contributed by atoms with van der Waals surface area (Å²) < 4.78 is 40.9. The van der Waals surface area contributed by atoms with Crippen LogP contribution in [0.25, 0.3) is 0 Å². The maximum atomic E-state index is 12.0. The molecule has 0 radical (unpaired) electrons. The monoisotopic (exact) mass is 269 g/mol. The molecule has 0 atom stereocenters. The molecule has 0 fully saturated rings. The molecular formula is C13H10F3NO2. The van der Waals surface area contributed by atoms with E-state index in [1.807, 2.05) is 0 Å². The van der Waals surface area contributed by atoms with E-state index in [0.717, 1.165) is 6.08 Å². The number of hydrogen-bond donors (Lipinski definition) is 0. The van der Waals surface area contributed by atoms with Crippen LogP contribution in [0.1, 0.15) is 18.4 Å². The first-order valence-corrected chi connectivity index (χ1v) is 5.59. The number of alkyl halides is 3. The number of cyclic esters (lactones) is 1. The second-order valence-electron chi connectivity index (χ2n) is 3.92. The topological polar surface area (TPSA) is 38.7 Å². The van der Waals surface area contributed by atoms with Crippen LogP contribution in [0.3, 0.4) is 0 Å². The minimum absolute atomic E-state index is 0.0805. The minimum atomic E-state index is -4.24. The summed E-state index contributed by atoms with van der Waals surface area (Å²) in [6, 6.07) is 8.69. The fourth-order valence-electron chi connectivity index (χ4n) is 1.52. The minimum Gasteiger partial charge on any atom is -0.402 e. The highest BCUT2D eigenvalue weighted by Crippen LogP contribution is 2.23. The molecule has 0 saturated heterocycles. The van der Waals surface area contributed by atoms with E-state index in [9.17, 15) is 18.0 Å². The van der Waals surface area contributed by atoms with Crippen molar-refractivity contribution in [3.05, 3.63) is 47.7 Å². The Labute approximate surface area is 107 Å². The fourth-order valence-corrected chi connectivity index (χ4v) is 1.52. The molecule has 1 aliphatic rings. The van der Waals surface area contributed by atoms with Gasteiger partial charge in [-0.1, -0.05) is 24.3 Å². The first-order chi connectivity index (χ1) is 8.96. The number of rotatable bonds is 3. The summed E-state index contributed by atoms with van der Waals surface area (Å²) in [7, 11) is 0. The number of ether oxygens (including phenoxy) is 1. The molecule has 1 aromatic carbocycles. The van der Waals surface area contributed by atoms with Crippen molar-refractivity contribution >= 4 is 11.9 Å². The lowest BCUT2D eigenvalue weighted by Crippen LogP contribution is -2.06. The Balaban J connectivity index is 2.09. The smallest absolute Gasteiger partial charge is 0.389 e. The molecular weight excluding hydrogens is 259 g/mol. The Morgan fingerprint density at radius 1 is 1.21 bits per heavy atom. The van der Waals surface area contributed by atoms with Crippen LogP contribution in [0.15, 0.2) is 47.1 Å². The average Bonchev–Trinajstić information content (AvgIpc) is 2.71. The number of nitrogens with zero attached hydrogens (tertiary/aromatic N) is 1. The largest absolute Gasteiger partial charge is 0.402 e. The van der Waals surface area contributed by atoms with Crippen molar-refractivity contribution in [1.82, 2.24) is 0 Å². The van der Waals surface area contributed by atoms with Gasteiger partial charge in [-0.05, 0) is 18.6 Å². The van der Waals surface area contributed by atoms with Gasteiger partial charge < -0.3 is 4.74 Å². The number of carbonyl (C=O) groups is 1. The van der Waals surface area contributed by atoms with Crippen LogP contribution < -0.4 is 0 Å². The highest BCUT2D eigenvalue weighted by atomic mass is 19.4. The predicted molar refractivity (Wildman–Crippen MR) is 62.4 cm³/mol. The van der Waals surface area contributed by atoms with E-state index in [-0.39, 0.29) is 18.0 Å². The Kier molecular flexibility index (Phi) is 3.69. The third-order valence-corrected chi connectivity index (χ3v) is 2.41. The van der Waals surface area contributed by atoms with Gasteiger partial charge in [-0.15, -0.1) is 0 Å². The number of esters is 1. The molecule has 19 heavy (non-hydrogen) atoms. The van der Waals surface area contributed by atoms with Crippen molar-refractivity contribution in [2.75, 3.05) is 0 Å². The lowest BCUT2D eigenvalue weighted by Gasteiger charge is -2.01. The van der Waals surface area contributed by atoms with Gasteiger partial charge in [0, 0.05) is 12.0 Å². The molecule has 2 rings (SSSR count). The summed E-state index contributed by atoms with van der Waals surface area (Å²) >= 11 is 0. The van der Waals surface area contributed by atoms with Crippen LogP contribution in [0, 0.1) is 0 Å². The van der Waals surface area contributed by atoms with Gasteiger partial charge >= 0.3 is 12.1 Å². The van der Waals surface area contributed by atoms with E-state index in [2.05, 4.69) is 4.99 Å². The maximum Gasteiger partial charge on any atom is 0.389 e. The second kappa shape index (κ2) is 5.26. The van der Waals surface area contributed by atoms with Crippen molar-refractivity contribution in [2.24, 2.45) is 4.99 Å². The molecule has 0 bridgehead atoms. The Morgan fingerprint density at radius 2 is 1.89 bits per heavy atom. The van der Waals surface area contributed by atoms with E-state index >= 15 is 0 Å². The molecule has 3 nitrogen and oxygen atoms in total. The Hall–Kier alpha value is -2.11. The third kappa shape index (κ3) is 3.67. The molecule has 0 spiro atoms. The number of allylic oxidation sites excluding steroid dienone is 1. The lowest BCUT2D eigenvalue weighted by molar-refractivity contribution is -0.134. The zero-order valence-electron chi connectivity index (χ0n) is 9.78. The van der Waals surface area contributed by atoms with Crippen LogP contribution in [-0.4, -0.2) is 18.0 Å². The highest BCUT2D eigenvalue weighted by Gasteiger charge is 2.27. The van der Waals surface area contributed by atoms with Gasteiger partial charge in [-0.3, -0.25) is 0 Å². The fraction of sp³-hybridized carbons (Fsp3) is 0.231. The molecule has 0 N–H and O–H groups in total. The van der Waals surface area contributed by atoms with Gasteiger partial charge in [0.15, 0.2) is 0 Å². The molecule has 0 saturated carbocycles. The number of aliphatic imine (C=N–C) groups is 1. The molecule has 0 aromatic heterocycles. The summed E-state index contributed by atoms with van der Waals surface area (Å²) in [4.78, 5) is 15.3. The van der Waals surface area contributed by atoms with Crippen LogP contribution in [-0.2, 0) is 9.53 Å². The van der Waals surface area contributed by atoms with E-state index in [1.54, 1.807) is 30.3 Å². The van der Waals surface area contributed by atoms with Crippen LogP contribution in [0.5, 0.6) is 0 Å². The molecule has 1 heterocycles. The van der Waals surface area contributed by atoms with Crippen LogP contribution in [0.4, 0.5) is 13.2 Å². The quantitative estimate of drug-likeness (QED) is 0.624. The van der Waals surface area contributed by atoms with Crippen LogP contribution in [0.2, 0.25) is 0 Å². The van der Waals surface area contributed by atoms with Gasteiger partial charge in [0.25, 0.3) is 0 Å². The van der Waals surface area contributed by atoms with Gasteiger partial charge in [0.2, 0.25) is 5.90 Å². The first-order valence-electron chi connectivity index (χ1n) is 5.59. The van der Waals surface area contributed by atoms with Gasteiger partial charge in [0.05, 0.1) is 0 Å². The third-order valence-electron chi connectivity index (χ3n) is 2.41. The highest BCUT2D eigenvalue weighted by molar-refractivity contribution is 6.11. The van der Waals surface area contributed by atoms with Gasteiger partial charge in [0.1, 0.15) is 5.70 Å². The number of benzene rings is 1. The molecule has 0 amide bonds. The molecule has 1 aliphatic heterocycles. The molecule has 6 heteroatoms. The molecule has 0 unspecified atom stereocenters. The maximum absolute atomic E-state index is 12.0. The molecule has 1 aromatic rings. The van der Waals surface area contributed by atoms with E-state index in [0.29, 0.717) is 5.56 Å². The number of carbonyl (C=O) groups excluding carboxylic acids is 1. The molecule has 100 valence electrons. The Bertz CT molecular complexity index is 533. The first kappa shape index (κ1) is 13.3. The Morgan fingerprint density at radius 3 is 2.53 bits per heavy atom. The van der Waals surface area contributed by atoms with Gasteiger partial charge in [-0.2, -0.15) is 13.2 Å². The van der Waals surface area contributed by atoms with Crippen molar-refractivity contribution in [2.45, 2.75) is 19.0 Å². The van der Waals surface area contributed by atoms with E-state index in [1.165, 1.54) is 0 Å². The summed E-state index contributed by atoms with van der Waals surface area (Å²) in [6.07, 6.45) is -4.38. The van der Waals surface area contributed by atoms with Crippen LogP contribution >= 0.6 is 0 Å². The predicted octanol–water partition coefficient (Wildman–Crippen LogP) is 3.22. The summed E-state index contributed by atoms with van der Waals surface area (Å²) in [6.45, 7) is 0. The SMILES string of the molecule is O=C1OC(c2ccccc2)=NC1=CCCC(F)(F)F. The van der Waals surface area contributed by atoms with Crippen molar-refractivity contribution in [1.29, 1.82) is 0 Å². The van der Waals surface area contributed by atoms with Crippen molar-refractivity contribution in [3.63, 3.8) is 0 Å². The van der Waals surface area contributed by atoms with E-state index in [4.69, 9.17) is 4.74 Å². The normalized spacial score (nSPS) is 17.5. The second-order valence-corrected chi connectivity index (χ2v) is 3.92. The zero-order valence-corrected chi connectivity index (χ0v) is 9.78. The number of halogens is 3. The number of hydrogen-bond acceptors (Lipinski definition) is 3. The summed E-state index contributed by atoms with van der Waals surface area (Å²) in [5.41, 5.74) is 0.526. The summed E-state index contributed by atoms with van der Waals surface area (Å²) in [5.74, 6) is -0.607. The van der Waals surface area contributed by atoms with Crippen molar-refractivity contribution in [3.8, 4) is 0 Å².